The van der Waals surface area contributed by atoms with Crippen molar-refractivity contribution in [3.63, 3.8) is 0 Å². The number of benzene rings is 3. The van der Waals surface area contributed by atoms with Gasteiger partial charge in [-0.05, 0) is 47.6 Å². The van der Waals surface area contributed by atoms with Crippen molar-refractivity contribution in [3.8, 4) is 11.1 Å². The fourth-order valence-electron chi connectivity index (χ4n) is 5.05. The summed E-state index contributed by atoms with van der Waals surface area (Å²) in [7, 11) is -3.74. The van der Waals surface area contributed by atoms with Crippen molar-refractivity contribution in [2.75, 3.05) is 18.8 Å². The van der Waals surface area contributed by atoms with Gasteiger partial charge in [0, 0.05) is 37.0 Å². The number of hydrogen-bond donors (Lipinski definition) is 4. The highest BCUT2D eigenvalue weighted by molar-refractivity contribution is 7.89. The molecule has 1 saturated heterocycles. The average molecular weight is 605 g/mol. The lowest BCUT2D eigenvalue weighted by Gasteiger charge is -2.25. The van der Waals surface area contributed by atoms with Gasteiger partial charge in [0.1, 0.15) is 6.04 Å². The molecule has 0 spiro atoms. The molecule has 3 atom stereocenters. The van der Waals surface area contributed by atoms with E-state index in [1.54, 1.807) is 12.1 Å². The predicted molar refractivity (Wildman–Crippen MR) is 168 cm³/mol. The normalized spacial score (nSPS) is 16.3. The van der Waals surface area contributed by atoms with Crippen LogP contribution in [0.25, 0.3) is 11.1 Å². The zero-order valence-corrected chi connectivity index (χ0v) is 25.4. The molecule has 228 valence electrons. The van der Waals surface area contributed by atoms with E-state index in [1.807, 2.05) is 86.6 Å². The molecule has 0 unspecified atom stereocenters. The highest BCUT2D eigenvalue weighted by Crippen LogP contribution is 2.20. The van der Waals surface area contributed by atoms with Crippen molar-refractivity contribution < 1.29 is 22.8 Å². The maximum absolute atomic E-state index is 13.7. The van der Waals surface area contributed by atoms with Crippen molar-refractivity contribution in [1.29, 1.82) is 0 Å². The summed E-state index contributed by atoms with van der Waals surface area (Å²) in [4.78, 5) is 39.4. The van der Waals surface area contributed by atoms with Crippen molar-refractivity contribution in [3.05, 3.63) is 96.1 Å². The minimum atomic E-state index is -3.74. The number of carbonyl (C=O) groups is 3. The number of amides is 3. The first-order valence-electron chi connectivity index (χ1n) is 14.7. The molecule has 4 N–H and O–H groups in total. The van der Waals surface area contributed by atoms with Crippen LogP contribution in [0.15, 0.2) is 84.9 Å². The summed E-state index contributed by atoms with van der Waals surface area (Å²) in [5.41, 5.74) is 3.21. The van der Waals surface area contributed by atoms with E-state index in [1.165, 1.54) is 0 Å². The van der Waals surface area contributed by atoms with Crippen LogP contribution in [0.2, 0.25) is 0 Å². The minimum absolute atomic E-state index is 0.107. The Kier molecular flexibility index (Phi) is 11.1. The van der Waals surface area contributed by atoms with Crippen molar-refractivity contribution in [1.82, 2.24) is 20.7 Å². The van der Waals surface area contributed by atoms with Crippen LogP contribution < -0.4 is 20.7 Å². The molecular formula is C33H40N4O5S. The van der Waals surface area contributed by atoms with Crippen LogP contribution in [0.4, 0.5) is 0 Å². The van der Waals surface area contributed by atoms with Crippen molar-refractivity contribution >= 4 is 27.7 Å². The highest BCUT2D eigenvalue weighted by Gasteiger charge is 2.32. The summed E-state index contributed by atoms with van der Waals surface area (Å²) in [5.74, 6) is -1.76. The summed E-state index contributed by atoms with van der Waals surface area (Å²) in [5, 5.41) is 8.49. The lowest BCUT2D eigenvalue weighted by Crippen LogP contribution is -2.53. The second-order valence-corrected chi connectivity index (χ2v) is 13.3. The zero-order valence-electron chi connectivity index (χ0n) is 24.6. The molecule has 10 heteroatoms. The van der Waals surface area contributed by atoms with E-state index in [0.29, 0.717) is 18.5 Å². The van der Waals surface area contributed by atoms with Gasteiger partial charge in [0.05, 0.1) is 5.75 Å². The Morgan fingerprint density at radius 2 is 1.51 bits per heavy atom. The Bertz CT molecular complexity index is 1480. The van der Waals surface area contributed by atoms with Crippen LogP contribution in [0.3, 0.4) is 0 Å². The molecule has 0 bridgehead atoms. The van der Waals surface area contributed by atoms with Crippen LogP contribution in [0, 0.1) is 11.8 Å². The SMILES string of the molecule is CC(C)CNS(=O)(=O)C[C@H](C[C@@H]1CCNC1=O)NC(=O)[C@H](Cc1ccccc1)NC(=O)c1ccc(-c2ccccc2)cc1. The lowest BCUT2D eigenvalue weighted by atomic mass is 9.98. The minimum Gasteiger partial charge on any atom is -0.356 e. The van der Waals surface area contributed by atoms with Crippen LogP contribution in [0.1, 0.15) is 42.6 Å². The van der Waals surface area contributed by atoms with Crippen LogP contribution in [0.5, 0.6) is 0 Å². The predicted octanol–water partition coefficient (Wildman–Crippen LogP) is 3.28. The number of sulfonamides is 1. The lowest BCUT2D eigenvalue weighted by molar-refractivity contribution is -0.125. The monoisotopic (exact) mass is 604 g/mol. The smallest absolute Gasteiger partial charge is 0.251 e. The molecule has 1 aliphatic heterocycles. The summed E-state index contributed by atoms with van der Waals surface area (Å²) in [6.07, 6.45) is 0.941. The second-order valence-electron chi connectivity index (χ2n) is 11.4. The average Bonchev–Trinajstić information content (AvgIpc) is 3.40. The Morgan fingerprint density at radius 1 is 0.884 bits per heavy atom. The van der Waals surface area contributed by atoms with E-state index in [0.717, 1.165) is 16.7 Å². The first kappa shape index (κ1) is 31.9. The molecule has 0 radical (unpaired) electrons. The maximum Gasteiger partial charge on any atom is 0.251 e. The molecule has 43 heavy (non-hydrogen) atoms. The second kappa shape index (κ2) is 14.9. The standard InChI is InChI=1S/C33H40N4O5S/c1-23(2)21-35-43(41,42)22-29(20-28-17-18-34-31(28)38)36-33(40)30(19-24-9-5-3-6-10-24)37-32(39)27-15-13-26(14-16-27)25-11-7-4-8-12-25/h3-16,23,28-30,35H,17-22H2,1-2H3,(H,34,38)(H,36,40)(H,37,39)/t28-,29-,30-/m0/s1. The van der Waals surface area contributed by atoms with Crippen LogP contribution >= 0.6 is 0 Å². The van der Waals surface area contributed by atoms with Gasteiger partial charge < -0.3 is 16.0 Å². The van der Waals surface area contributed by atoms with Gasteiger partial charge in [0.25, 0.3) is 5.91 Å². The molecule has 1 fully saturated rings. The van der Waals surface area contributed by atoms with Crippen molar-refractivity contribution in [2.24, 2.45) is 11.8 Å². The third kappa shape index (κ3) is 9.76. The third-order valence-corrected chi connectivity index (χ3v) is 8.82. The molecule has 3 aromatic carbocycles. The molecular weight excluding hydrogens is 564 g/mol. The molecule has 1 aliphatic rings. The van der Waals surface area contributed by atoms with Gasteiger partial charge in [-0.15, -0.1) is 0 Å². The van der Waals surface area contributed by atoms with E-state index in [2.05, 4.69) is 20.7 Å². The van der Waals surface area contributed by atoms with E-state index in [9.17, 15) is 22.8 Å². The van der Waals surface area contributed by atoms with Gasteiger partial charge in [0.2, 0.25) is 21.8 Å². The summed E-state index contributed by atoms with van der Waals surface area (Å²) >= 11 is 0. The molecule has 1 heterocycles. The third-order valence-electron chi connectivity index (χ3n) is 7.37. The number of hydrogen-bond acceptors (Lipinski definition) is 5. The van der Waals surface area contributed by atoms with Crippen LogP contribution in [-0.4, -0.2) is 57.1 Å². The molecule has 9 nitrogen and oxygen atoms in total. The van der Waals surface area contributed by atoms with Crippen LogP contribution in [-0.2, 0) is 26.0 Å². The van der Waals surface area contributed by atoms with Gasteiger partial charge in [0.15, 0.2) is 0 Å². The molecule has 0 aromatic heterocycles. The summed E-state index contributed by atoms with van der Waals surface area (Å²) in [6, 6.07) is 24.4. The van der Waals surface area contributed by atoms with Gasteiger partial charge in [-0.3, -0.25) is 14.4 Å². The quantitative estimate of drug-likeness (QED) is 0.224. The highest BCUT2D eigenvalue weighted by atomic mass is 32.2. The first-order chi connectivity index (χ1) is 20.6. The van der Waals surface area contributed by atoms with Gasteiger partial charge in [-0.25, -0.2) is 13.1 Å². The van der Waals surface area contributed by atoms with Crippen molar-refractivity contribution in [2.45, 2.75) is 45.2 Å². The van der Waals surface area contributed by atoms with E-state index in [4.69, 9.17) is 0 Å². The van der Waals surface area contributed by atoms with E-state index < -0.39 is 39.8 Å². The molecule has 3 aromatic rings. The Hall–Kier alpha value is -4.02. The van der Waals surface area contributed by atoms with E-state index >= 15 is 0 Å². The fourth-order valence-corrected chi connectivity index (χ4v) is 6.50. The number of rotatable bonds is 14. The number of nitrogens with one attached hydrogen (secondary N) is 4. The topological polar surface area (TPSA) is 133 Å². The molecule has 3 amide bonds. The zero-order chi connectivity index (χ0) is 30.8. The maximum atomic E-state index is 13.7. The van der Waals surface area contributed by atoms with E-state index in [-0.39, 0.29) is 37.0 Å². The van der Waals surface area contributed by atoms with Gasteiger partial charge in [-0.2, -0.15) is 0 Å². The van der Waals surface area contributed by atoms with Gasteiger partial charge >= 0.3 is 0 Å². The fraction of sp³-hybridized carbons (Fsp3) is 0.364. The first-order valence-corrected chi connectivity index (χ1v) is 16.3. The Labute approximate surface area is 253 Å². The summed E-state index contributed by atoms with van der Waals surface area (Å²) < 4.78 is 28.4. The molecule has 0 saturated carbocycles. The Balaban J connectivity index is 1.52. The largest absolute Gasteiger partial charge is 0.356 e. The summed E-state index contributed by atoms with van der Waals surface area (Å²) in [6.45, 7) is 4.58. The van der Waals surface area contributed by atoms with Gasteiger partial charge in [-0.1, -0.05) is 86.6 Å². The molecule has 4 rings (SSSR count). The molecule has 0 aliphatic carbocycles. The Morgan fingerprint density at radius 3 is 2.12 bits per heavy atom. The number of carbonyl (C=O) groups excluding carboxylic acids is 3.